The summed E-state index contributed by atoms with van der Waals surface area (Å²) in [6, 6.07) is 0. The molecule has 4 heteroatoms. The van der Waals surface area contributed by atoms with Crippen molar-refractivity contribution in [3.05, 3.63) is 12.7 Å². The van der Waals surface area contributed by atoms with Crippen LogP contribution in [0, 0.1) is 0 Å². The van der Waals surface area contributed by atoms with Gasteiger partial charge < -0.3 is 4.74 Å². The molecule has 0 rings (SSSR count). The van der Waals surface area contributed by atoms with Gasteiger partial charge in [-0.1, -0.05) is 124 Å². The lowest BCUT2D eigenvalue weighted by molar-refractivity contribution is -0.134. The summed E-state index contributed by atoms with van der Waals surface area (Å²) in [6.45, 7) is 10.1. The molecule has 0 fully saturated rings. The Kier molecular flexibility index (Phi) is 38.2. The largest absolute Gasteiger partial charge is 0.466 e. The molecule has 0 heterocycles. The highest BCUT2D eigenvalue weighted by Crippen LogP contribution is 2.39. The van der Waals surface area contributed by atoms with Crippen molar-refractivity contribution in [1.29, 1.82) is 0 Å². The Balaban J connectivity index is -0.00000105. The van der Waals surface area contributed by atoms with Gasteiger partial charge in [0.25, 0.3) is 0 Å². The highest BCUT2D eigenvalue weighted by molar-refractivity contribution is 8.93. The summed E-state index contributed by atoms with van der Waals surface area (Å²) in [5, 5.41) is 0. The van der Waals surface area contributed by atoms with Gasteiger partial charge in [0, 0.05) is 6.08 Å². The Labute approximate surface area is 214 Å². The van der Waals surface area contributed by atoms with Gasteiger partial charge in [-0.05, 0) is 37.7 Å². The van der Waals surface area contributed by atoms with Gasteiger partial charge in [0.15, 0.2) is 0 Å². The molecule has 0 atom stereocenters. The second kappa shape index (κ2) is 33.3. The van der Waals surface area contributed by atoms with Gasteiger partial charge in [-0.25, -0.2) is 4.79 Å². The smallest absolute Gasteiger partial charge is 0.329 e. The summed E-state index contributed by atoms with van der Waals surface area (Å²) in [5.74, 6) is -0.394. The molecule has 0 amide bonds. The molecule has 2 nitrogen and oxygen atoms in total. The van der Waals surface area contributed by atoms with Crippen LogP contribution in [0.4, 0.5) is 0 Å². The van der Waals surface area contributed by atoms with E-state index in [1.54, 1.807) is 18.5 Å². The van der Waals surface area contributed by atoms with Crippen LogP contribution < -0.4 is 0 Å². The van der Waals surface area contributed by atoms with E-state index >= 15 is 0 Å². The summed E-state index contributed by atoms with van der Waals surface area (Å²) in [5.41, 5.74) is 0. The van der Waals surface area contributed by atoms with Gasteiger partial charge in [0.2, 0.25) is 0 Å². The average molecular weight is 538 g/mol. The zero-order valence-corrected chi connectivity index (χ0v) is 24.9. The first-order valence-electron chi connectivity index (χ1n) is 13.6. The number of unbranched alkanes of at least 4 members (excludes halogenated alkanes) is 15. The van der Waals surface area contributed by atoms with Crippen LogP contribution in [0.15, 0.2) is 12.7 Å². The maximum atomic E-state index is 9.84. The Hall–Kier alpha value is 0.120. The Morgan fingerprint density at radius 1 is 0.625 bits per heavy atom. The molecule has 0 saturated carbocycles. The van der Waals surface area contributed by atoms with Crippen molar-refractivity contribution in [2.75, 3.05) is 25.6 Å². The van der Waals surface area contributed by atoms with Crippen molar-refractivity contribution >= 4 is 30.9 Å². The first-order valence-corrected chi connectivity index (χ1v) is 15.5. The van der Waals surface area contributed by atoms with Gasteiger partial charge in [0.1, 0.15) is 0 Å². The zero-order chi connectivity index (χ0) is 23.4. The number of methoxy groups -OCH3 is 1. The van der Waals surface area contributed by atoms with Crippen LogP contribution in [-0.4, -0.2) is 31.6 Å². The molecule has 0 aromatic carbocycles. The molecule has 0 spiro atoms. The highest BCUT2D eigenvalue weighted by atomic mass is 79.9. The minimum Gasteiger partial charge on any atom is -0.466 e. The minimum absolute atomic E-state index is 0. The number of carbonyl (C=O) groups excluding carboxylic acids is 1. The molecular formula is C28H58BrO2P. The zero-order valence-electron chi connectivity index (χ0n) is 22.3. The molecule has 194 valence electrons. The minimum atomic E-state index is -0.394. The first-order chi connectivity index (χ1) is 15.2. The van der Waals surface area contributed by atoms with E-state index in [0.717, 1.165) is 6.08 Å². The number of esters is 1. The van der Waals surface area contributed by atoms with E-state index in [2.05, 4.69) is 32.1 Å². The SMILES string of the molecule is Br.C=CC(=O)OC.CCCCCCCCP(CCCCCCCC)CCCCCCCC. The van der Waals surface area contributed by atoms with Gasteiger partial charge in [-0.3, -0.25) is 0 Å². The number of carbonyl (C=O) groups is 1. The maximum absolute atomic E-state index is 9.84. The van der Waals surface area contributed by atoms with E-state index in [1.165, 1.54) is 123 Å². The number of rotatable bonds is 22. The lowest BCUT2D eigenvalue weighted by atomic mass is 10.1. The third-order valence-corrected chi connectivity index (χ3v) is 8.70. The van der Waals surface area contributed by atoms with E-state index in [9.17, 15) is 4.79 Å². The molecule has 0 saturated heterocycles. The van der Waals surface area contributed by atoms with Crippen molar-refractivity contribution in [3.8, 4) is 0 Å². The number of hydrogen-bond donors (Lipinski definition) is 0. The van der Waals surface area contributed by atoms with Crippen molar-refractivity contribution in [1.82, 2.24) is 0 Å². The Bertz CT molecular complexity index is 325. The summed E-state index contributed by atoms with van der Waals surface area (Å²) in [4.78, 5) is 9.84. The molecule has 0 radical (unpaired) electrons. The topological polar surface area (TPSA) is 26.3 Å². The predicted molar refractivity (Wildman–Crippen MR) is 154 cm³/mol. The fourth-order valence-corrected chi connectivity index (χ4v) is 6.45. The van der Waals surface area contributed by atoms with Crippen molar-refractivity contribution < 1.29 is 9.53 Å². The Morgan fingerprint density at radius 2 is 0.906 bits per heavy atom. The monoisotopic (exact) mass is 536 g/mol. The molecule has 0 N–H and O–H groups in total. The summed E-state index contributed by atoms with van der Waals surface area (Å²) in [6.07, 6.45) is 32.4. The molecule has 0 bridgehead atoms. The van der Waals surface area contributed by atoms with Crippen LogP contribution in [0.1, 0.15) is 136 Å². The number of hydrogen-bond acceptors (Lipinski definition) is 2. The fourth-order valence-electron chi connectivity index (χ4n) is 3.77. The summed E-state index contributed by atoms with van der Waals surface area (Å²) < 4.78 is 4.14. The van der Waals surface area contributed by atoms with Crippen LogP contribution in [0.2, 0.25) is 0 Å². The van der Waals surface area contributed by atoms with Crippen LogP contribution in [-0.2, 0) is 9.53 Å². The molecule has 0 aliphatic rings. The van der Waals surface area contributed by atoms with Crippen LogP contribution in [0.25, 0.3) is 0 Å². The number of halogens is 1. The van der Waals surface area contributed by atoms with E-state index in [1.807, 2.05) is 0 Å². The van der Waals surface area contributed by atoms with Crippen LogP contribution in [0.5, 0.6) is 0 Å². The van der Waals surface area contributed by atoms with Gasteiger partial charge in [-0.15, -0.1) is 24.9 Å². The first kappa shape index (κ1) is 36.7. The molecule has 0 aromatic heterocycles. The fraction of sp³-hybridized carbons (Fsp3) is 0.893. The quantitative estimate of drug-likeness (QED) is 0.0594. The van der Waals surface area contributed by atoms with E-state index in [4.69, 9.17) is 0 Å². The van der Waals surface area contributed by atoms with Crippen LogP contribution in [0.3, 0.4) is 0 Å². The van der Waals surface area contributed by atoms with Crippen molar-refractivity contribution in [2.45, 2.75) is 136 Å². The van der Waals surface area contributed by atoms with Crippen molar-refractivity contribution in [3.63, 3.8) is 0 Å². The highest BCUT2D eigenvalue weighted by Gasteiger charge is 2.07. The van der Waals surface area contributed by atoms with E-state index in [0.29, 0.717) is 7.92 Å². The molecule has 0 unspecified atom stereocenters. The molecule has 0 aliphatic heterocycles. The van der Waals surface area contributed by atoms with E-state index in [-0.39, 0.29) is 17.0 Å². The lowest BCUT2D eigenvalue weighted by Crippen LogP contribution is -1.97. The predicted octanol–water partition coefficient (Wildman–Crippen LogP) is 10.5. The van der Waals surface area contributed by atoms with Gasteiger partial charge in [-0.2, -0.15) is 0 Å². The summed E-state index contributed by atoms with van der Waals surface area (Å²) in [7, 11) is 1.68. The Morgan fingerprint density at radius 3 is 1.12 bits per heavy atom. The lowest BCUT2D eigenvalue weighted by Gasteiger charge is -2.18. The van der Waals surface area contributed by atoms with Crippen LogP contribution >= 0.6 is 24.9 Å². The van der Waals surface area contributed by atoms with E-state index < -0.39 is 5.97 Å². The molecule has 0 aliphatic carbocycles. The standard InChI is InChI=1S/C24H51P.C4H6O2.BrH/c1-4-7-10-13-16-19-22-25(23-20-17-14-11-8-5-2)24-21-18-15-12-9-6-3;1-3-4(5)6-2;/h4-24H2,1-3H3;3H,1H2,2H3;1H. The third kappa shape index (κ3) is 32.3. The molecule has 0 aromatic rings. The van der Waals surface area contributed by atoms with Crippen molar-refractivity contribution in [2.24, 2.45) is 0 Å². The average Bonchev–Trinajstić information content (AvgIpc) is 2.79. The molecular weight excluding hydrogens is 479 g/mol. The second-order valence-electron chi connectivity index (χ2n) is 8.87. The van der Waals surface area contributed by atoms with Gasteiger partial charge in [0.05, 0.1) is 7.11 Å². The number of ether oxygens (including phenoxy) is 1. The normalized spacial score (nSPS) is 10.3. The third-order valence-electron chi connectivity index (χ3n) is 5.85. The summed E-state index contributed by atoms with van der Waals surface area (Å²) >= 11 is 0. The molecule has 32 heavy (non-hydrogen) atoms. The van der Waals surface area contributed by atoms with Gasteiger partial charge >= 0.3 is 5.97 Å². The maximum Gasteiger partial charge on any atom is 0.329 e. The second-order valence-corrected chi connectivity index (χ2v) is 11.6.